The molecule has 1 fully saturated rings. The van der Waals surface area contributed by atoms with Gasteiger partial charge < -0.3 is 15.6 Å². The SMILES string of the molecule is C[C@H]1CC[C@@H](Nc2ncnc3[nH]ccc23)CN1.Cl. The number of fused-ring (bicyclic) bond motifs is 1. The average Bonchev–Trinajstić information content (AvgIpc) is 2.81. The van der Waals surface area contributed by atoms with Gasteiger partial charge in [0.05, 0.1) is 5.39 Å². The number of aromatic nitrogens is 3. The first-order valence-corrected chi connectivity index (χ1v) is 6.11. The second-order valence-corrected chi connectivity index (χ2v) is 4.69. The lowest BCUT2D eigenvalue weighted by Crippen LogP contribution is -2.43. The molecule has 1 saturated heterocycles. The smallest absolute Gasteiger partial charge is 0.142 e. The fraction of sp³-hybridized carbons (Fsp3) is 0.500. The summed E-state index contributed by atoms with van der Waals surface area (Å²) in [5.41, 5.74) is 0.889. The number of hydrogen-bond donors (Lipinski definition) is 3. The Morgan fingerprint density at radius 1 is 1.33 bits per heavy atom. The predicted octanol–water partition coefficient (Wildman–Crippen LogP) is 1.93. The highest BCUT2D eigenvalue weighted by atomic mass is 35.5. The van der Waals surface area contributed by atoms with Gasteiger partial charge in [-0.3, -0.25) is 0 Å². The molecule has 3 heterocycles. The van der Waals surface area contributed by atoms with Crippen LogP contribution in [0.2, 0.25) is 0 Å². The molecule has 0 aliphatic carbocycles. The van der Waals surface area contributed by atoms with Crippen LogP contribution in [0.4, 0.5) is 5.82 Å². The minimum absolute atomic E-state index is 0. The number of H-pyrrole nitrogens is 1. The fourth-order valence-electron chi connectivity index (χ4n) is 2.30. The van der Waals surface area contributed by atoms with Crippen molar-refractivity contribution in [1.82, 2.24) is 20.3 Å². The zero-order chi connectivity index (χ0) is 11.7. The minimum atomic E-state index is 0. The summed E-state index contributed by atoms with van der Waals surface area (Å²) < 4.78 is 0. The van der Waals surface area contributed by atoms with Gasteiger partial charge in [0.2, 0.25) is 0 Å². The van der Waals surface area contributed by atoms with Crippen molar-refractivity contribution < 1.29 is 0 Å². The van der Waals surface area contributed by atoms with Crippen LogP contribution >= 0.6 is 12.4 Å². The van der Waals surface area contributed by atoms with Crippen LogP contribution < -0.4 is 10.6 Å². The Kier molecular flexibility index (Phi) is 4.04. The molecule has 1 aliphatic heterocycles. The Morgan fingerprint density at radius 2 is 2.22 bits per heavy atom. The Bertz CT molecular complexity index is 504. The van der Waals surface area contributed by atoms with E-state index in [-0.39, 0.29) is 12.4 Å². The fourth-order valence-corrected chi connectivity index (χ4v) is 2.30. The summed E-state index contributed by atoms with van der Waals surface area (Å²) in [7, 11) is 0. The van der Waals surface area contributed by atoms with Gasteiger partial charge in [-0.15, -0.1) is 12.4 Å². The van der Waals surface area contributed by atoms with Crippen molar-refractivity contribution in [2.45, 2.75) is 31.8 Å². The second kappa shape index (κ2) is 5.54. The third kappa shape index (κ3) is 2.57. The molecule has 18 heavy (non-hydrogen) atoms. The maximum absolute atomic E-state index is 4.32. The van der Waals surface area contributed by atoms with Gasteiger partial charge in [0.1, 0.15) is 17.8 Å². The van der Waals surface area contributed by atoms with Crippen LogP contribution in [-0.2, 0) is 0 Å². The number of piperidine rings is 1. The molecule has 3 N–H and O–H groups in total. The van der Waals surface area contributed by atoms with E-state index in [9.17, 15) is 0 Å². The maximum Gasteiger partial charge on any atom is 0.142 e. The zero-order valence-electron chi connectivity index (χ0n) is 10.3. The van der Waals surface area contributed by atoms with Crippen LogP contribution in [0.3, 0.4) is 0 Å². The Hall–Kier alpha value is -1.33. The van der Waals surface area contributed by atoms with Crippen LogP contribution in [0.5, 0.6) is 0 Å². The molecule has 6 heteroatoms. The van der Waals surface area contributed by atoms with Crippen molar-refractivity contribution in [3.63, 3.8) is 0 Å². The molecule has 2 aromatic rings. The molecule has 0 saturated carbocycles. The van der Waals surface area contributed by atoms with Gasteiger partial charge in [-0.05, 0) is 25.8 Å². The van der Waals surface area contributed by atoms with E-state index in [1.165, 1.54) is 12.8 Å². The molecule has 98 valence electrons. The molecule has 2 aromatic heterocycles. The van der Waals surface area contributed by atoms with Crippen molar-refractivity contribution in [2.24, 2.45) is 0 Å². The van der Waals surface area contributed by atoms with Crippen LogP contribution in [0.25, 0.3) is 11.0 Å². The zero-order valence-corrected chi connectivity index (χ0v) is 11.1. The third-order valence-electron chi connectivity index (χ3n) is 3.36. The van der Waals surface area contributed by atoms with E-state index < -0.39 is 0 Å². The van der Waals surface area contributed by atoms with Gasteiger partial charge in [-0.25, -0.2) is 9.97 Å². The summed E-state index contributed by atoms with van der Waals surface area (Å²) >= 11 is 0. The summed E-state index contributed by atoms with van der Waals surface area (Å²) in [5.74, 6) is 0.928. The van der Waals surface area contributed by atoms with Crippen LogP contribution in [0, 0.1) is 0 Å². The minimum Gasteiger partial charge on any atom is -0.365 e. The number of nitrogens with one attached hydrogen (secondary N) is 3. The molecule has 0 bridgehead atoms. The van der Waals surface area contributed by atoms with Gasteiger partial charge in [-0.2, -0.15) is 0 Å². The molecule has 0 spiro atoms. The van der Waals surface area contributed by atoms with Crippen molar-refractivity contribution in [3.8, 4) is 0 Å². The highest BCUT2D eigenvalue weighted by Crippen LogP contribution is 2.20. The Balaban J connectivity index is 0.00000120. The lowest BCUT2D eigenvalue weighted by Gasteiger charge is -2.28. The Morgan fingerprint density at radius 3 is 3.00 bits per heavy atom. The summed E-state index contributed by atoms with van der Waals surface area (Å²) in [6.07, 6.45) is 5.88. The number of anilines is 1. The van der Waals surface area contributed by atoms with E-state index in [2.05, 4.69) is 32.5 Å². The largest absolute Gasteiger partial charge is 0.365 e. The molecular weight excluding hydrogens is 250 g/mol. The first-order chi connectivity index (χ1) is 8.33. The molecule has 0 unspecified atom stereocenters. The van der Waals surface area contributed by atoms with Crippen LogP contribution in [0.1, 0.15) is 19.8 Å². The van der Waals surface area contributed by atoms with E-state index in [0.717, 1.165) is 23.4 Å². The summed E-state index contributed by atoms with van der Waals surface area (Å²) in [6, 6.07) is 3.10. The van der Waals surface area contributed by atoms with E-state index in [0.29, 0.717) is 12.1 Å². The number of hydrogen-bond acceptors (Lipinski definition) is 4. The molecule has 5 nitrogen and oxygen atoms in total. The van der Waals surface area contributed by atoms with E-state index in [1.54, 1.807) is 6.33 Å². The van der Waals surface area contributed by atoms with Crippen molar-refractivity contribution in [3.05, 3.63) is 18.6 Å². The lowest BCUT2D eigenvalue weighted by atomic mass is 10.0. The van der Waals surface area contributed by atoms with Crippen LogP contribution in [-0.4, -0.2) is 33.6 Å². The van der Waals surface area contributed by atoms with Crippen molar-refractivity contribution in [1.29, 1.82) is 0 Å². The summed E-state index contributed by atoms with van der Waals surface area (Å²) in [4.78, 5) is 11.6. The van der Waals surface area contributed by atoms with Crippen LogP contribution in [0.15, 0.2) is 18.6 Å². The molecule has 0 amide bonds. The molecule has 1 aliphatic rings. The van der Waals surface area contributed by atoms with Crippen molar-refractivity contribution in [2.75, 3.05) is 11.9 Å². The van der Waals surface area contributed by atoms with E-state index >= 15 is 0 Å². The van der Waals surface area contributed by atoms with Gasteiger partial charge >= 0.3 is 0 Å². The lowest BCUT2D eigenvalue weighted by molar-refractivity contribution is 0.398. The van der Waals surface area contributed by atoms with Gasteiger partial charge in [0.15, 0.2) is 0 Å². The van der Waals surface area contributed by atoms with E-state index in [1.807, 2.05) is 12.3 Å². The first kappa shape index (κ1) is 13.1. The highest BCUT2D eigenvalue weighted by Gasteiger charge is 2.18. The van der Waals surface area contributed by atoms with Gasteiger partial charge in [-0.1, -0.05) is 0 Å². The Labute approximate surface area is 112 Å². The summed E-state index contributed by atoms with van der Waals surface area (Å²) in [5, 5.41) is 8.04. The monoisotopic (exact) mass is 267 g/mol. The molecule has 0 radical (unpaired) electrons. The highest BCUT2D eigenvalue weighted by molar-refractivity contribution is 5.86. The third-order valence-corrected chi connectivity index (χ3v) is 3.36. The van der Waals surface area contributed by atoms with E-state index in [4.69, 9.17) is 0 Å². The molecular formula is C12H18ClN5. The first-order valence-electron chi connectivity index (χ1n) is 6.11. The second-order valence-electron chi connectivity index (χ2n) is 4.69. The van der Waals surface area contributed by atoms with Gasteiger partial charge in [0.25, 0.3) is 0 Å². The number of halogens is 1. The number of aromatic amines is 1. The normalized spacial score (nSPS) is 23.6. The molecule has 2 atom stereocenters. The average molecular weight is 268 g/mol. The van der Waals surface area contributed by atoms with Gasteiger partial charge in [0, 0.05) is 24.8 Å². The van der Waals surface area contributed by atoms with Crippen molar-refractivity contribution >= 4 is 29.3 Å². The molecule has 3 rings (SSSR count). The predicted molar refractivity (Wildman–Crippen MR) is 75.2 cm³/mol. The maximum atomic E-state index is 4.32. The number of nitrogens with zero attached hydrogens (tertiary/aromatic N) is 2. The standard InChI is InChI=1S/C12H17N5.ClH/c1-8-2-3-9(6-14-8)17-12-10-4-5-13-11(10)15-7-16-12;/h4-5,7-9,14H,2-3,6H2,1H3,(H2,13,15,16,17);1H/t8-,9+;/m0./s1. The quantitative estimate of drug-likeness (QED) is 0.778. The number of rotatable bonds is 2. The summed E-state index contributed by atoms with van der Waals surface area (Å²) in [6.45, 7) is 3.22. The topological polar surface area (TPSA) is 65.6 Å². The molecule has 0 aromatic carbocycles.